The maximum atomic E-state index is 12.6. The molecule has 0 saturated heterocycles. The van der Waals surface area contributed by atoms with E-state index in [0.29, 0.717) is 40.2 Å². The van der Waals surface area contributed by atoms with Gasteiger partial charge in [0.25, 0.3) is 5.56 Å². The second kappa shape index (κ2) is 8.17. The van der Waals surface area contributed by atoms with Crippen molar-refractivity contribution in [2.45, 2.75) is 87.2 Å². The number of hydrogen-bond acceptors (Lipinski definition) is 6. The van der Waals surface area contributed by atoms with Crippen LogP contribution in [0.3, 0.4) is 0 Å². The second-order valence-electron chi connectivity index (χ2n) is 8.72. The number of fused-ring (bicyclic) bond motifs is 1. The molecule has 0 atom stereocenters. The first kappa shape index (κ1) is 19.8. The first-order valence-corrected chi connectivity index (χ1v) is 12.1. The van der Waals surface area contributed by atoms with Crippen LogP contribution in [-0.4, -0.2) is 37.2 Å². The highest BCUT2D eigenvalue weighted by Gasteiger charge is 2.32. The van der Waals surface area contributed by atoms with Gasteiger partial charge in [0.15, 0.2) is 5.65 Å². The highest BCUT2D eigenvalue weighted by Crippen LogP contribution is 2.40. The molecule has 9 heteroatoms. The molecule has 0 aliphatic heterocycles. The van der Waals surface area contributed by atoms with E-state index in [1.54, 1.807) is 4.57 Å². The maximum absolute atomic E-state index is 12.6. The molecule has 0 bridgehead atoms. The van der Waals surface area contributed by atoms with Gasteiger partial charge in [-0.1, -0.05) is 19.3 Å². The van der Waals surface area contributed by atoms with Crippen LogP contribution >= 0.6 is 11.8 Å². The summed E-state index contributed by atoms with van der Waals surface area (Å²) in [5.74, 6) is 1.62. The largest absolute Gasteiger partial charge is 0.353 e. The van der Waals surface area contributed by atoms with E-state index in [1.165, 1.54) is 31.0 Å². The zero-order valence-electron chi connectivity index (χ0n) is 17.0. The number of H-pyrrole nitrogens is 1. The van der Waals surface area contributed by atoms with Crippen LogP contribution < -0.4 is 16.6 Å². The molecule has 2 heterocycles. The van der Waals surface area contributed by atoms with Crippen molar-refractivity contribution in [1.29, 1.82) is 0 Å². The zero-order valence-corrected chi connectivity index (χ0v) is 17.8. The molecule has 0 aromatic carbocycles. The van der Waals surface area contributed by atoms with Crippen molar-refractivity contribution >= 4 is 28.7 Å². The number of rotatable bonds is 7. The van der Waals surface area contributed by atoms with E-state index in [9.17, 15) is 14.4 Å². The Bertz CT molecular complexity index is 1080. The smallest absolute Gasteiger partial charge is 0.330 e. The third-order valence-electron chi connectivity index (χ3n) is 6.16. The molecule has 2 N–H and O–H groups in total. The number of nitrogens with one attached hydrogen (secondary N) is 2. The van der Waals surface area contributed by atoms with E-state index >= 15 is 0 Å². The van der Waals surface area contributed by atoms with Crippen LogP contribution in [0.4, 0.5) is 0 Å². The van der Waals surface area contributed by atoms with Gasteiger partial charge in [-0.15, -0.1) is 11.8 Å². The first-order valence-electron chi connectivity index (χ1n) is 11.1. The fourth-order valence-electron chi connectivity index (χ4n) is 4.22. The van der Waals surface area contributed by atoms with Gasteiger partial charge in [-0.25, -0.2) is 14.8 Å². The van der Waals surface area contributed by atoms with Gasteiger partial charge in [0.1, 0.15) is 16.2 Å². The lowest BCUT2D eigenvalue weighted by molar-refractivity contribution is -0.121. The highest BCUT2D eigenvalue weighted by atomic mass is 32.2. The molecule has 0 radical (unpaired) electrons. The summed E-state index contributed by atoms with van der Waals surface area (Å²) in [6.45, 7) is 0. The summed E-state index contributed by atoms with van der Waals surface area (Å²) < 4.78 is 1.63. The van der Waals surface area contributed by atoms with Crippen molar-refractivity contribution in [2.75, 3.05) is 5.75 Å². The van der Waals surface area contributed by atoms with Crippen LogP contribution in [-0.2, 0) is 4.79 Å². The highest BCUT2D eigenvalue weighted by molar-refractivity contribution is 7.99. The number of carbonyl (C=O) groups excluding carboxylic acids is 1. The quantitative estimate of drug-likeness (QED) is 0.517. The lowest BCUT2D eigenvalue weighted by Crippen LogP contribution is -2.36. The van der Waals surface area contributed by atoms with Crippen LogP contribution in [0.25, 0.3) is 11.0 Å². The average molecular weight is 430 g/mol. The molecule has 3 saturated carbocycles. The molecule has 0 unspecified atom stereocenters. The Morgan fingerprint density at radius 2 is 1.83 bits per heavy atom. The summed E-state index contributed by atoms with van der Waals surface area (Å²) in [5, 5.41) is 4.10. The standard InChI is InChI=1S/C21H27N5O3S/c27-15(22-13-4-2-1-3-5-13)10-11-30-20-16-18(23-17(24-20)12-6-7-12)26(14-8-9-14)21(29)25-19(16)28/h12-14H,1-11H2,(H,22,27)(H,25,28,29). The molecular formula is C21H27N5O3S. The molecule has 5 rings (SSSR count). The maximum Gasteiger partial charge on any atom is 0.330 e. The van der Waals surface area contributed by atoms with Gasteiger partial charge in [-0.2, -0.15) is 0 Å². The van der Waals surface area contributed by atoms with Gasteiger partial charge >= 0.3 is 5.69 Å². The van der Waals surface area contributed by atoms with Crippen LogP contribution in [0.15, 0.2) is 14.6 Å². The van der Waals surface area contributed by atoms with Crippen LogP contribution in [0.5, 0.6) is 0 Å². The molecule has 3 fully saturated rings. The fourth-order valence-corrected chi connectivity index (χ4v) is 5.19. The molecule has 160 valence electrons. The third kappa shape index (κ3) is 4.17. The topological polar surface area (TPSA) is 110 Å². The Hall–Kier alpha value is -2.16. The van der Waals surface area contributed by atoms with E-state index in [2.05, 4.69) is 20.3 Å². The van der Waals surface area contributed by atoms with Crippen LogP contribution in [0.1, 0.15) is 82.0 Å². The summed E-state index contributed by atoms with van der Waals surface area (Å²) in [4.78, 5) is 49.1. The molecule has 2 aromatic rings. The predicted octanol–water partition coefficient (Wildman–Crippen LogP) is 2.62. The Morgan fingerprint density at radius 3 is 2.53 bits per heavy atom. The van der Waals surface area contributed by atoms with E-state index in [-0.39, 0.29) is 11.9 Å². The zero-order chi connectivity index (χ0) is 20.7. The predicted molar refractivity (Wildman–Crippen MR) is 115 cm³/mol. The first-order chi connectivity index (χ1) is 14.6. The fraction of sp³-hybridized carbons (Fsp3) is 0.667. The molecule has 3 aliphatic rings. The number of thioether (sulfide) groups is 1. The summed E-state index contributed by atoms with van der Waals surface area (Å²) in [7, 11) is 0. The van der Waals surface area contributed by atoms with Crippen LogP contribution in [0.2, 0.25) is 0 Å². The van der Waals surface area contributed by atoms with Gasteiger partial charge in [0, 0.05) is 30.2 Å². The minimum atomic E-state index is -0.441. The van der Waals surface area contributed by atoms with Gasteiger partial charge in [0.2, 0.25) is 5.91 Å². The van der Waals surface area contributed by atoms with Gasteiger partial charge in [-0.3, -0.25) is 19.1 Å². The minimum absolute atomic E-state index is 0.0546. The van der Waals surface area contributed by atoms with Crippen molar-refractivity contribution in [3.8, 4) is 0 Å². The number of carbonyl (C=O) groups is 1. The van der Waals surface area contributed by atoms with Gasteiger partial charge < -0.3 is 5.32 Å². The number of aromatic nitrogens is 4. The number of amides is 1. The van der Waals surface area contributed by atoms with E-state index in [1.807, 2.05) is 0 Å². The normalized spacial score (nSPS) is 19.9. The molecular weight excluding hydrogens is 402 g/mol. The number of aromatic amines is 1. The second-order valence-corrected chi connectivity index (χ2v) is 9.80. The van der Waals surface area contributed by atoms with E-state index in [0.717, 1.165) is 44.3 Å². The SMILES string of the molecule is O=C(CCSc1nc(C2CC2)nc2c1c(=O)[nH]c(=O)n2C1CC1)NC1CCCCC1. The van der Waals surface area contributed by atoms with Crippen molar-refractivity contribution in [1.82, 2.24) is 24.8 Å². The van der Waals surface area contributed by atoms with Gasteiger partial charge in [-0.05, 0) is 38.5 Å². The van der Waals surface area contributed by atoms with Crippen molar-refractivity contribution in [3.63, 3.8) is 0 Å². The number of nitrogens with zero attached hydrogens (tertiary/aromatic N) is 3. The average Bonchev–Trinajstić information content (AvgIpc) is 3.62. The summed E-state index contributed by atoms with van der Waals surface area (Å²) in [6, 6.07) is 0.409. The Morgan fingerprint density at radius 1 is 1.07 bits per heavy atom. The molecule has 0 spiro atoms. The van der Waals surface area contributed by atoms with Crippen molar-refractivity contribution < 1.29 is 4.79 Å². The summed E-state index contributed by atoms with van der Waals surface area (Å²) in [6.07, 6.45) is 10.1. The van der Waals surface area contributed by atoms with E-state index in [4.69, 9.17) is 0 Å². The molecule has 1 amide bonds. The van der Waals surface area contributed by atoms with Crippen molar-refractivity contribution in [3.05, 3.63) is 26.7 Å². The Labute approximate surface area is 178 Å². The molecule has 2 aromatic heterocycles. The van der Waals surface area contributed by atoms with Crippen molar-refractivity contribution in [2.24, 2.45) is 0 Å². The Balaban J connectivity index is 1.38. The van der Waals surface area contributed by atoms with E-state index < -0.39 is 11.2 Å². The number of hydrogen-bond donors (Lipinski definition) is 2. The summed E-state index contributed by atoms with van der Waals surface area (Å²) >= 11 is 1.41. The third-order valence-corrected chi connectivity index (χ3v) is 7.14. The molecule has 8 nitrogen and oxygen atoms in total. The minimum Gasteiger partial charge on any atom is -0.353 e. The Kier molecular flexibility index (Phi) is 5.39. The monoisotopic (exact) mass is 429 g/mol. The lowest BCUT2D eigenvalue weighted by Gasteiger charge is -2.22. The van der Waals surface area contributed by atoms with Crippen LogP contribution in [0, 0.1) is 0 Å². The summed E-state index contributed by atoms with van der Waals surface area (Å²) in [5.41, 5.74) is -0.376. The molecule has 3 aliphatic carbocycles. The lowest BCUT2D eigenvalue weighted by atomic mass is 9.95. The molecule has 30 heavy (non-hydrogen) atoms. The van der Waals surface area contributed by atoms with Gasteiger partial charge in [0.05, 0.1) is 0 Å².